The normalized spacial score (nSPS) is 29.6. The first kappa shape index (κ1) is 31.0. The molecule has 0 heterocycles. The molecule has 3 aliphatic carbocycles. The number of carbonyl (C=O) groups excluding carboxylic acids is 4. The molecule has 13 nitrogen and oxygen atoms in total. The molecule has 0 aliphatic heterocycles. The molecule has 0 saturated carbocycles. The minimum Gasteiger partial charge on any atom is -0.510 e. The van der Waals surface area contributed by atoms with Crippen LogP contribution in [-0.2, 0) is 14.4 Å². The maximum atomic E-state index is 13.8. The number of hydrogen-bond acceptors (Lipinski definition) is 11. The van der Waals surface area contributed by atoms with Crippen molar-refractivity contribution in [2.24, 2.45) is 17.6 Å². The number of carbonyl (C=O) groups is 4. The van der Waals surface area contributed by atoms with E-state index in [9.17, 15) is 44.7 Å². The number of amides is 2. The molecule has 1 aromatic carbocycles. The highest BCUT2D eigenvalue weighted by atomic mass is 35.5. The van der Waals surface area contributed by atoms with E-state index in [4.69, 9.17) is 5.73 Å². The number of hydrogen-bond donors (Lipinski definition) is 7. The summed E-state index contributed by atoms with van der Waals surface area (Å²) in [4.78, 5) is 54.5. The summed E-state index contributed by atoms with van der Waals surface area (Å²) in [6.45, 7) is 1.62. The first-order valence-corrected chi connectivity index (χ1v) is 12.2. The van der Waals surface area contributed by atoms with Gasteiger partial charge in [-0.2, -0.15) is 0 Å². The van der Waals surface area contributed by atoms with Gasteiger partial charge in [-0.15, -0.1) is 12.4 Å². The molecular formula is C26H33ClN4O9. The lowest BCUT2D eigenvalue weighted by molar-refractivity contribution is -0.162. The molecule has 5 unspecified atom stereocenters. The Morgan fingerprint density at radius 1 is 1.10 bits per heavy atom. The molecule has 8 N–H and O–H groups in total. The fraction of sp³-hybridized carbons (Fsp3) is 0.462. The van der Waals surface area contributed by atoms with Gasteiger partial charge in [-0.05, 0) is 45.7 Å². The molecule has 4 rings (SSSR count). The summed E-state index contributed by atoms with van der Waals surface area (Å²) in [5.74, 6) is -10.2. The van der Waals surface area contributed by atoms with Gasteiger partial charge in [0.25, 0.3) is 5.91 Å². The lowest BCUT2D eigenvalue weighted by Crippen LogP contribution is -2.68. The number of benzene rings is 1. The molecule has 0 aromatic heterocycles. The Balaban J connectivity index is 0.00000441. The number of aliphatic hydroxyl groups is 4. The molecule has 1 aromatic rings. The lowest BCUT2D eigenvalue weighted by atomic mass is 9.55. The summed E-state index contributed by atoms with van der Waals surface area (Å²) in [6.07, 6.45) is -1.68. The number of aliphatic hydroxyl groups excluding tert-OH is 3. The highest BCUT2D eigenvalue weighted by Gasteiger charge is 2.67. The predicted octanol–water partition coefficient (Wildman–Crippen LogP) is -0.426. The number of aromatic hydroxyl groups is 1. The van der Waals surface area contributed by atoms with Crippen LogP contribution in [-0.4, -0.2) is 111 Å². The molecule has 40 heavy (non-hydrogen) atoms. The van der Waals surface area contributed by atoms with Gasteiger partial charge in [0.15, 0.2) is 17.1 Å². The first-order chi connectivity index (χ1) is 18.1. The van der Waals surface area contributed by atoms with Gasteiger partial charge in [0.05, 0.1) is 35.9 Å². The summed E-state index contributed by atoms with van der Waals surface area (Å²) < 4.78 is 0. The van der Waals surface area contributed by atoms with E-state index in [0.29, 0.717) is 5.56 Å². The van der Waals surface area contributed by atoms with E-state index in [0.717, 1.165) is 0 Å². The topological polar surface area (TPSA) is 214 Å². The molecule has 218 valence electrons. The third-order valence-electron chi connectivity index (χ3n) is 7.87. The van der Waals surface area contributed by atoms with Crippen LogP contribution in [0.25, 0.3) is 0 Å². The largest absolute Gasteiger partial charge is 0.510 e. The molecule has 0 spiro atoms. The fourth-order valence-electron chi connectivity index (χ4n) is 6.20. The summed E-state index contributed by atoms with van der Waals surface area (Å²) in [6, 6.07) is 1.58. The summed E-state index contributed by atoms with van der Waals surface area (Å²) >= 11 is 0. The summed E-state index contributed by atoms with van der Waals surface area (Å²) in [5, 5.41) is 59.0. The lowest BCUT2D eigenvalue weighted by Gasteiger charge is -2.53. The first-order valence-electron chi connectivity index (χ1n) is 12.2. The van der Waals surface area contributed by atoms with Crippen LogP contribution in [0.5, 0.6) is 5.75 Å². The third kappa shape index (κ3) is 4.25. The van der Waals surface area contributed by atoms with E-state index in [1.165, 1.54) is 31.1 Å². The zero-order chi connectivity index (χ0) is 29.3. The Morgan fingerprint density at radius 3 is 2.23 bits per heavy atom. The van der Waals surface area contributed by atoms with Crippen molar-refractivity contribution >= 4 is 41.5 Å². The van der Waals surface area contributed by atoms with Crippen molar-refractivity contribution in [3.8, 4) is 5.75 Å². The van der Waals surface area contributed by atoms with Crippen molar-refractivity contribution in [3.05, 3.63) is 45.9 Å². The third-order valence-corrected chi connectivity index (χ3v) is 7.87. The van der Waals surface area contributed by atoms with Gasteiger partial charge in [-0.25, -0.2) is 0 Å². The number of nitrogens with zero attached hydrogens (tertiary/aromatic N) is 2. The molecular weight excluding hydrogens is 548 g/mol. The minimum absolute atomic E-state index is 0. The monoisotopic (exact) mass is 580 g/mol. The van der Waals surface area contributed by atoms with Crippen molar-refractivity contribution in [2.75, 3.05) is 40.1 Å². The second-order valence-corrected chi connectivity index (χ2v) is 10.8. The predicted molar refractivity (Wildman–Crippen MR) is 144 cm³/mol. The van der Waals surface area contributed by atoms with Crippen LogP contribution in [0.2, 0.25) is 0 Å². The molecule has 0 saturated heterocycles. The van der Waals surface area contributed by atoms with Gasteiger partial charge in [0.1, 0.15) is 17.1 Å². The number of Topliss-reactive ketones (excluding diaryl/α,β-unsaturated/α-hetero) is 2. The van der Waals surface area contributed by atoms with E-state index >= 15 is 0 Å². The van der Waals surface area contributed by atoms with E-state index in [1.807, 2.05) is 0 Å². The van der Waals surface area contributed by atoms with Gasteiger partial charge >= 0.3 is 0 Å². The Hall–Kier alpha value is -3.49. The average molecular weight is 581 g/mol. The highest BCUT2D eigenvalue weighted by molar-refractivity contribution is 6.25. The number of phenolic OH excluding ortho intramolecular Hbond substituents is 1. The van der Waals surface area contributed by atoms with E-state index in [2.05, 4.69) is 5.32 Å². The molecule has 0 fully saturated rings. The highest BCUT2D eigenvalue weighted by Crippen LogP contribution is 2.56. The summed E-state index contributed by atoms with van der Waals surface area (Å²) in [5.41, 5.74) is 0.792. The van der Waals surface area contributed by atoms with Crippen LogP contribution in [0, 0.1) is 11.8 Å². The van der Waals surface area contributed by atoms with Crippen molar-refractivity contribution in [2.45, 2.75) is 30.6 Å². The van der Waals surface area contributed by atoms with Crippen LogP contribution in [0.15, 0.2) is 34.8 Å². The van der Waals surface area contributed by atoms with Crippen LogP contribution in [0.4, 0.5) is 5.69 Å². The second-order valence-electron chi connectivity index (χ2n) is 10.8. The number of rotatable bonds is 5. The Labute approximate surface area is 236 Å². The molecule has 0 bridgehead atoms. The van der Waals surface area contributed by atoms with Gasteiger partial charge < -0.3 is 41.5 Å². The van der Waals surface area contributed by atoms with Crippen molar-refractivity contribution in [3.63, 3.8) is 0 Å². The zero-order valence-corrected chi connectivity index (χ0v) is 23.3. The Morgan fingerprint density at radius 2 is 1.70 bits per heavy atom. The van der Waals surface area contributed by atoms with Gasteiger partial charge in [-0.3, -0.25) is 24.1 Å². The van der Waals surface area contributed by atoms with E-state index in [1.54, 1.807) is 25.9 Å². The average Bonchev–Trinajstić information content (AvgIpc) is 2.82. The number of nitrogens with two attached hydrogens (primary N) is 1. The van der Waals surface area contributed by atoms with Crippen LogP contribution in [0.3, 0.4) is 0 Å². The Bertz CT molecular complexity index is 1370. The van der Waals surface area contributed by atoms with Crippen LogP contribution >= 0.6 is 12.4 Å². The number of anilines is 1. The van der Waals surface area contributed by atoms with Gasteiger partial charge in [0, 0.05) is 11.5 Å². The van der Waals surface area contributed by atoms with Gasteiger partial charge in [-0.1, -0.05) is 13.0 Å². The maximum absolute atomic E-state index is 13.8. The molecule has 6 atom stereocenters. The SMILES string of the molecule is CC1c2ccc(NC(=O)CN(C)C)c(O)c2C(=O)C2=C(O)C3(O)C(=O)C(C(N)=O)=C(O)[C@@H](N(C)C)C3C(O)C21.Cl. The Kier molecular flexibility index (Phi) is 8.14. The molecule has 0 radical (unpaired) electrons. The zero-order valence-electron chi connectivity index (χ0n) is 22.5. The van der Waals surface area contributed by atoms with Crippen LogP contribution in [0.1, 0.15) is 28.8 Å². The number of likely N-dealkylation sites (N-methyl/N-ethyl adjacent to an activating group) is 2. The smallest absolute Gasteiger partial charge is 0.255 e. The number of ketones is 2. The second kappa shape index (κ2) is 10.5. The summed E-state index contributed by atoms with van der Waals surface area (Å²) in [7, 11) is 6.28. The minimum atomic E-state index is -2.99. The molecule has 14 heteroatoms. The number of fused-ring (bicyclic) bond motifs is 3. The standard InChI is InChI=1S/C26H32N4O9.ClH/c1-9-10-6-7-11(28-12(31)8-29(2)3)19(32)14(10)20(33)15-13(9)21(34)17-18(30(4)5)22(35)16(25(27)38)24(37)26(17,39)23(15)36;/h6-7,9,13,17-18,21,32,34-36,39H,8H2,1-5H3,(H2,27,38)(H,28,31);1H/t9?,13?,17?,18-,21?,26?;/m0./s1. The number of nitrogens with one attached hydrogen (secondary N) is 1. The molecule has 2 amide bonds. The number of phenols is 1. The quantitative estimate of drug-likeness (QED) is 0.175. The van der Waals surface area contributed by atoms with E-state index in [-0.39, 0.29) is 30.2 Å². The number of halogens is 1. The maximum Gasteiger partial charge on any atom is 0.255 e. The van der Waals surface area contributed by atoms with Crippen molar-refractivity contribution in [1.82, 2.24) is 9.80 Å². The van der Waals surface area contributed by atoms with E-state index < -0.39 is 87.3 Å². The number of primary amides is 1. The fourth-order valence-corrected chi connectivity index (χ4v) is 6.20. The van der Waals surface area contributed by atoms with Crippen LogP contribution < -0.4 is 11.1 Å². The van der Waals surface area contributed by atoms with Crippen molar-refractivity contribution in [1.29, 1.82) is 0 Å². The van der Waals surface area contributed by atoms with Crippen molar-refractivity contribution < 1.29 is 44.7 Å². The molecule has 3 aliphatic rings. The van der Waals surface area contributed by atoms with Gasteiger partial charge in [0.2, 0.25) is 11.7 Å².